The van der Waals surface area contributed by atoms with Gasteiger partial charge in [0.05, 0.1) is 6.54 Å². The molecule has 4 rings (SSSR count). The highest BCUT2D eigenvalue weighted by Crippen LogP contribution is 2.33. The molecule has 5 heteroatoms. The van der Waals surface area contributed by atoms with Crippen LogP contribution in [0, 0.1) is 0 Å². The number of H-pyrrole nitrogens is 1. The minimum Gasteiger partial charge on any atom is -0.361 e. The van der Waals surface area contributed by atoms with Gasteiger partial charge < -0.3 is 10.3 Å². The largest absolute Gasteiger partial charge is 0.361 e. The van der Waals surface area contributed by atoms with Crippen LogP contribution in [0.4, 0.5) is 5.69 Å². The highest BCUT2D eigenvalue weighted by Gasteiger charge is 2.23. The molecule has 3 aromatic rings. The van der Waals surface area contributed by atoms with Crippen LogP contribution in [0.5, 0.6) is 0 Å². The molecule has 1 fully saturated rings. The van der Waals surface area contributed by atoms with Crippen molar-refractivity contribution in [2.45, 2.75) is 23.7 Å². The molecule has 140 valence electrons. The van der Waals surface area contributed by atoms with Gasteiger partial charge in [-0.1, -0.05) is 18.2 Å². The van der Waals surface area contributed by atoms with Gasteiger partial charge >= 0.3 is 0 Å². The zero-order chi connectivity index (χ0) is 18.6. The number of nitrogens with one attached hydrogen (secondary N) is 2. The molecule has 0 spiro atoms. The van der Waals surface area contributed by atoms with Gasteiger partial charge in [0.25, 0.3) is 0 Å². The molecule has 0 saturated carbocycles. The maximum absolute atomic E-state index is 12.4. The summed E-state index contributed by atoms with van der Waals surface area (Å²) in [6, 6.07) is 16.5. The average molecular weight is 380 g/mol. The summed E-state index contributed by atoms with van der Waals surface area (Å²) < 4.78 is 0. The van der Waals surface area contributed by atoms with Gasteiger partial charge in [0, 0.05) is 27.7 Å². The second-order valence-electron chi connectivity index (χ2n) is 7.12. The number of likely N-dealkylation sites (tertiary alicyclic amines) is 1. The summed E-state index contributed by atoms with van der Waals surface area (Å²) in [7, 11) is 0. The second-order valence-corrected chi connectivity index (χ2v) is 8.00. The number of aromatic amines is 1. The van der Waals surface area contributed by atoms with Crippen molar-refractivity contribution in [3.05, 3.63) is 60.3 Å². The zero-order valence-corrected chi connectivity index (χ0v) is 16.4. The molecule has 0 atom stereocenters. The molecular weight excluding hydrogens is 354 g/mol. The lowest BCUT2D eigenvalue weighted by molar-refractivity contribution is -0.117. The van der Waals surface area contributed by atoms with Gasteiger partial charge in [-0.15, -0.1) is 11.8 Å². The molecule has 0 bridgehead atoms. The molecule has 1 aliphatic heterocycles. The summed E-state index contributed by atoms with van der Waals surface area (Å²) in [5, 5.41) is 4.34. The molecule has 2 aromatic carbocycles. The van der Waals surface area contributed by atoms with Crippen molar-refractivity contribution < 1.29 is 4.79 Å². The third-order valence-corrected chi connectivity index (χ3v) is 6.13. The monoisotopic (exact) mass is 379 g/mol. The van der Waals surface area contributed by atoms with E-state index in [0.29, 0.717) is 12.5 Å². The van der Waals surface area contributed by atoms with Crippen LogP contribution in [0.15, 0.2) is 59.6 Å². The number of para-hydroxylation sites is 1. The summed E-state index contributed by atoms with van der Waals surface area (Å²) in [6.07, 6.45) is 6.40. The Morgan fingerprint density at radius 3 is 2.63 bits per heavy atom. The Balaban J connectivity index is 1.30. The van der Waals surface area contributed by atoms with Crippen molar-refractivity contribution in [1.82, 2.24) is 9.88 Å². The summed E-state index contributed by atoms with van der Waals surface area (Å²) in [6.45, 7) is 2.39. The lowest BCUT2D eigenvalue weighted by Crippen LogP contribution is -2.38. The van der Waals surface area contributed by atoms with Gasteiger partial charge in [0.1, 0.15) is 0 Å². The number of nitrogens with zero attached hydrogens (tertiary/aromatic N) is 1. The van der Waals surface area contributed by atoms with Crippen LogP contribution in [0.2, 0.25) is 0 Å². The molecule has 2 heterocycles. The second kappa shape index (κ2) is 8.19. The van der Waals surface area contributed by atoms with Crippen molar-refractivity contribution in [1.29, 1.82) is 0 Å². The van der Waals surface area contributed by atoms with E-state index in [1.807, 2.05) is 30.5 Å². The van der Waals surface area contributed by atoms with Gasteiger partial charge in [-0.05, 0) is 74.0 Å². The minimum atomic E-state index is 0.0671. The molecule has 1 aliphatic rings. The van der Waals surface area contributed by atoms with E-state index in [0.717, 1.165) is 31.6 Å². The fraction of sp³-hybridized carbons (Fsp3) is 0.318. The van der Waals surface area contributed by atoms with Gasteiger partial charge in [-0.3, -0.25) is 9.69 Å². The first-order valence-corrected chi connectivity index (χ1v) is 10.7. The van der Waals surface area contributed by atoms with Crippen molar-refractivity contribution in [3.8, 4) is 0 Å². The van der Waals surface area contributed by atoms with Crippen molar-refractivity contribution >= 4 is 34.3 Å². The predicted molar refractivity (Wildman–Crippen MR) is 114 cm³/mol. The Morgan fingerprint density at radius 1 is 1.15 bits per heavy atom. The quantitative estimate of drug-likeness (QED) is 0.631. The number of piperidine rings is 1. The maximum Gasteiger partial charge on any atom is 0.238 e. The van der Waals surface area contributed by atoms with Gasteiger partial charge in [0.15, 0.2) is 0 Å². The molecule has 1 amide bonds. The minimum absolute atomic E-state index is 0.0671. The van der Waals surface area contributed by atoms with Gasteiger partial charge in [-0.2, -0.15) is 0 Å². The Bertz CT molecular complexity index is 911. The highest BCUT2D eigenvalue weighted by atomic mass is 32.2. The SMILES string of the molecule is CSc1ccc(NC(=O)CN2CCC(c3c[nH]c4ccccc34)CC2)cc1. The van der Waals surface area contributed by atoms with E-state index in [1.54, 1.807) is 11.8 Å². The number of benzene rings is 2. The molecule has 0 radical (unpaired) electrons. The predicted octanol–water partition coefficient (Wildman–Crippen LogP) is 4.71. The number of hydrogen-bond acceptors (Lipinski definition) is 3. The Hall–Kier alpha value is -2.24. The summed E-state index contributed by atoms with van der Waals surface area (Å²) in [5.41, 5.74) is 3.50. The number of hydrogen-bond donors (Lipinski definition) is 2. The Kier molecular flexibility index (Phi) is 5.50. The Morgan fingerprint density at radius 2 is 1.89 bits per heavy atom. The summed E-state index contributed by atoms with van der Waals surface area (Å²) >= 11 is 1.70. The van der Waals surface area contributed by atoms with Crippen LogP contribution >= 0.6 is 11.8 Å². The number of aromatic nitrogens is 1. The van der Waals surface area contributed by atoms with E-state index < -0.39 is 0 Å². The number of anilines is 1. The van der Waals surface area contributed by atoms with Crippen LogP contribution in [-0.2, 0) is 4.79 Å². The fourth-order valence-corrected chi connectivity index (χ4v) is 4.32. The highest BCUT2D eigenvalue weighted by molar-refractivity contribution is 7.98. The molecule has 1 saturated heterocycles. The first-order chi connectivity index (χ1) is 13.2. The summed E-state index contributed by atoms with van der Waals surface area (Å²) in [4.78, 5) is 19.2. The van der Waals surface area contributed by atoms with Crippen LogP contribution in [-0.4, -0.2) is 41.7 Å². The van der Waals surface area contributed by atoms with Crippen molar-refractivity contribution in [2.24, 2.45) is 0 Å². The number of rotatable bonds is 5. The average Bonchev–Trinajstić information content (AvgIpc) is 3.13. The lowest BCUT2D eigenvalue weighted by atomic mass is 9.89. The lowest BCUT2D eigenvalue weighted by Gasteiger charge is -2.31. The van der Waals surface area contributed by atoms with E-state index in [4.69, 9.17) is 0 Å². The number of amides is 1. The van der Waals surface area contributed by atoms with Crippen LogP contribution in [0.3, 0.4) is 0 Å². The molecule has 2 N–H and O–H groups in total. The first-order valence-electron chi connectivity index (χ1n) is 9.45. The third kappa shape index (κ3) is 4.20. The van der Waals surface area contributed by atoms with E-state index in [2.05, 4.69) is 45.7 Å². The number of carbonyl (C=O) groups is 1. The Labute approximate surface area is 164 Å². The smallest absolute Gasteiger partial charge is 0.238 e. The van der Waals surface area contributed by atoms with Gasteiger partial charge in [0.2, 0.25) is 5.91 Å². The number of fused-ring (bicyclic) bond motifs is 1. The van der Waals surface area contributed by atoms with Crippen LogP contribution in [0.25, 0.3) is 10.9 Å². The van der Waals surface area contributed by atoms with Gasteiger partial charge in [-0.25, -0.2) is 0 Å². The zero-order valence-electron chi connectivity index (χ0n) is 15.6. The number of carbonyl (C=O) groups excluding carboxylic acids is 1. The van der Waals surface area contributed by atoms with Crippen LogP contribution < -0.4 is 5.32 Å². The maximum atomic E-state index is 12.4. The fourth-order valence-electron chi connectivity index (χ4n) is 3.91. The molecule has 1 aromatic heterocycles. The standard InChI is InChI=1S/C22H25N3OS/c1-27-18-8-6-17(7-9-18)24-22(26)15-25-12-10-16(11-13-25)20-14-23-21-5-3-2-4-19(20)21/h2-9,14,16,23H,10-13,15H2,1H3,(H,24,26). The molecule has 0 aliphatic carbocycles. The molecule has 0 unspecified atom stereocenters. The molecular formula is C22H25N3OS. The van der Waals surface area contributed by atoms with E-state index in [1.165, 1.54) is 21.4 Å². The van der Waals surface area contributed by atoms with Crippen molar-refractivity contribution in [2.75, 3.05) is 31.2 Å². The first kappa shape index (κ1) is 18.1. The van der Waals surface area contributed by atoms with E-state index in [-0.39, 0.29) is 5.91 Å². The molecule has 4 nitrogen and oxygen atoms in total. The van der Waals surface area contributed by atoms with E-state index >= 15 is 0 Å². The topological polar surface area (TPSA) is 48.1 Å². The third-order valence-electron chi connectivity index (χ3n) is 5.39. The van der Waals surface area contributed by atoms with Crippen molar-refractivity contribution in [3.63, 3.8) is 0 Å². The van der Waals surface area contributed by atoms with Crippen LogP contribution in [0.1, 0.15) is 24.3 Å². The summed E-state index contributed by atoms with van der Waals surface area (Å²) in [5.74, 6) is 0.636. The normalized spacial score (nSPS) is 15.9. The number of thioether (sulfide) groups is 1. The molecule has 27 heavy (non-hydrogen) atoms. The van der Waals surface area contributed by atoms with E-state index in [9.17, 15) is 4.79 Å².